The first-order valence-corrected chi connectivity index (χ1v) is 7.79. The number of aliphatic carboxylic acids is 1. The molecule has 116 valence electrons. The standard InChI is InChI=1S/C19H18N2O2/c1-11-6-2-3-7-12(11)17-18-14(10-16(21-17)19(22)23)13-8-4-5-9-15(13)20-18/h2-9,16-17,20-21H,10H2,1H3,(H,22,23)/t16-,17+/m0/s1. The lowest BCUT2D eigenvalue weighted by atomic mass is 9.89. The highest BCUT2D eigenvalue weighted by Crippen LogP contribution is 2.36. The molecule has 2 aromatic carbocycles. The molecule has 23 heavy (non-hydrogen) atoms. The highest BCUT2D eigenvalue weighted by Gasteiger charge is 2.34. The zero-order valence-corrected chi connectivity index (χ0v) is 12.8. The van der Waals surface area contributed by atoms with E-state index < -0.39 is 12.0 Å². The van der Waals surface area contributed by atoms with Gasteiger partial charge in [0.2, 0.25) is 0 Å². The maximum absolute atomic E-state index is 11.6. The number of fused-ring (bicyclic) bond motifs is 3. The number of aromatic amines is 1. The van der Waals surface area contributed by atoms with Gasteiger partial charge in [-0.15, -0.1) is 0 Å². The quantitative estimate of drug-likeness (QED) is 0.681. The minimum Gasteiger partial charge on any atom is -0.480 e. The molecule has 3 N–H and O–H groups in total. The normalized spacial score (nSPS) is 20.4. The highest BCUT2D eigenvalue weighted by atomic mass is 16.4. The van der Waals surface area contributed by atoms with Gasteiger partial charge in [-0.2, -0.15) is 0 Å². The number of rotatable bonds is 2. The van der Waals surface area contributed by atoms with Gasteiger partial charge in [0, 0.05) is 23.0 Å². The van der Waals surface area contributed by atoms with Gasteiger partial charge in [-0.25, -0.2) is 0 Å². The van der Waals surface area contributed by atoms with Gasteiger partial charge in [0.05, 0.1) is 6.04 Å². The Bertz CT molecular complexity index is 897. The fourth-order valence-electron chi connectivity index (χ4n) is 3.55. The Labute approximate surface area is 134 Å². The summed E-state index contributed by atoms with van der Waals surface area (Å²) in [5, 5.41) is 14.0. The van der Waals surface area contributed by atoms with Crippen molar-refractivity contribution in [1.82, 2.24) is 10.3 Å². The van der Waals surface area contributed by atoms with E-state index in [4.69, 9.17) is 0 Å². The van der Waals surface area contributed by atoms with Crippen molar-refractivity contribution in [2.75, 3.05) is 0 Å². The van der Waals surface area contributed by atoms with Crippen molar-refractivity contribution in [3.63, 3.8) is 0 Å². The van der Waals surface area contributed by atoms with E-state index in [0.717, 1.165) is 33.3 Å². The van der Waals surface area contributed by atoms with Gasteiger partial charge in [-0.1, -0.05) is 42.5 Å². The molecule has 0 radical (unpaired) electrons. The predicted molar refractivity (Wildman–Crippen MR) is 89.6 cm³/mol. The molecule has 1 aliphatic heterocycles. The summed E-state index contributed by atoms with van der Waals surface area (Å²) in [6, 6.07) is 15.5. The highest BCUT2D eigenvalue weighted by molar-refractivity contribution is 5.87. The second-order valence-electron chi connectivity index (χ2n) is 6.11. The average molecular weight is 306 g/mol. The third-order valence-corrected chi connectivity index (χ3v) is 4.71. The lowest BCUT2D eigenvalue weighted by Gasteiger charge is -2.30. The molecular weight excluding hydrogens is 288 g/mol. The third-order valence-electron chi connectivity index (χ3n) is 4.71. The van der Waals surface area contributed by atoms with Gasteiger partial charge in [0.1, 0.15) is 6.04 Å². The second-order valence-corrected chi connectivity index (χ2v) is 6.11. The molecule has 0 saturated heterocycles. The van der Waals surface area contributed by atoms with Crippen molar-refractivity contribution in [2.45, 2.75) is 25.4 Å². The molecule has 0 aliphatic carbocycles. The minimum absolute atomic E-state index is 0.131. The Balaban J connectivity index is 1.93. The first-order chi connectivity index (χ1) is 11.1. The van der Waals surface area contributed by atoms with Crippen LogP contribution in [0.25, 0.3) is 10.9 Å². The van der Waals surface area contributed by atoms with E-state index in [1.54, 1.807) is 0 Å². The third kappa shape index (κ3) is 2.23. The summed E-state index contributed by atoms with van der Waals surface area (Å²) in [6.45, 7) is 2.06. The Morgan fingerprint density at radius 1 is 1.13 bits per heavy atom. The number of hydrogen-bond acceptors (Lipinski definition) is 2. The maximum Gasteiger partial charge on any atom is 0.321 e. The van der Waals surface area contributed by atoms with E-state index in [9.17, 15) is 9.90 Å². The number of carbonyl (C=O) groups is 1. The number of aryl methyl sites for hydroxylation is 1. The zero-order valence-electron chi connectivity index (χ0n) is 12.8. The van der Waals surface area contributed by atoms with Crippen molar-refractivity contribution < 1.29 is 9.90 Å². The zero-order chi connectivity index (χ0) is 16.0. The molecular formula is C19H18N2O2. The van der Waals surface area contributed by atoms with Crippen LogP contribution in [0.4, 0.5) is 0 Å². The van der Waals surface area contributed by atoms with Crippen molar-refractivity contribution in [3.05, 3.63) is 70.9 Å². The van der Waals surface area contributed by atoms with Gasteiger partial charge in [-0.3, -0.25) is 10.1 Å². The van der Waals surface area contributed by atoms with Crippen molar-refractivity contribution in [1.29, 1.82) is 0 Å². The summed E-state index contributed by atoms with van der Waals surface area (Å²) in [6.07, 6.45) is 0.497. The van der Waals surface area contributed by atoms with Gasteiger partial charge in [0.25, 0.3) is 0 Å². The number of benzene rings is 2. The van der Waals surface area contributed by atoms with Crippen molar-refractivity contribution in [2.24, 2.45) is 0 Å². The molecule has 4 heteroatoms. The molecule has 4 nitrogen and oxygen atoms in total. The van der Waals surface area contributed by atoms with Crippen LogP contribution < -0.4 is 5.32 Å². The largest absolute Gasteiger partial charge is 0.480 e. The van der Waals surface area contributed by atoms with Crippen LogP contribution in [-0.4, -0.2) is 22.1 Å². The molecule has 0 amide bonds. The first-order valence-electron chi connectivity index (χ1n) is 7.79. The Kier molecular flexibility index (Phi) is 3.20. The summed E-state index contributed by atoms with van der Waals surface area (Å²) in [7, 11) is 0. The van der Waals surface area contributed by atoms with Crippen LogP contribution in [0.5, 0.6) is 0 Å². The van der Waals surface area contributed by atoms with Crippen LogP contribution >= 0.6 is 0 Å². The fourth-order valence-corrected chi connectivity index (χ4v) is 3.55. The Hall–Kier alpha value is -2.59. The predicted octanol–water partition coefficient (Wildman–Crippen LogP) is 3.16. The number of para-hydroxylation sites is 1. The van der Waals surface area contributed by atoms with Crippen LogP contribution in [0.3, 0.4) is 0 Å². The number of H-pyrrole nitrogens is 1. The summed E-state index contributed by atoms with van der Waals surface area (Å²) in [4.78, 5) is 15.1. The smallest absolute Gasteiger partial charge is 0.321 e. The molecule has 0 fully saturated rings. The molecule has 0 saturated carbocycles. The van der Waals surface area contributed by atoms with E-state index in [1.807, 2.05) is 30.3 Å². The molecule has 0 bridgehead atoms. The molecule has 0 unspecified atom stereocenters. The van der Waals surface area contributed by atoms with Crippen molar-refractivity contribution >= 4 is 16.9 Å². The van der Waals surface area contributed by atoms with Gasteiger partial charge >= 0.3 is 5.97 Å². The van der Waals surface area contributed by atoms with E-state index in [-0.39, 0.29) is 6.04 Å². The molecule has 3 aromatic rings. The van der Waals surface area contributed by atoms with E-state index in [2.05, 4.69) is 35.4 Å². The number of hydrogen-bond donors (Lipinski definition) is 3. The lowest BCUT2D eigenvalue weighted by molar-refractivity contribution is -0.139. The summed E-state index contributed by atoms with van der Waals surface area (Å²) in [5.74, 6) is -0.806. The summed E-state index contributed by atoms with van der Waals surface area (Å²) >= 11 is 0. The maximum atomic E-state index is 11.6. The van der Waals surface area contributed by atoms with E-state index >= 15 is 0 Å². The summed E-state index contributed by atoms with van der Waals surface area (Å²) < 4.78 is 0. The molecule has 4 rings (SSSR count). The number of carboxylic acids is 1. The Morgan fingerprint density at radius 3 is 2.65 bits per heavy atom. The molecule has 2 heterocycles. The topological polar surface area (TPSA) is 65.1 Å². The SMILES string of the molecule is Cc1ccccc1[C@H]1N[C@H](C(=O)O)Cc2c1[nH]c1ccccc21. The Morgan fingerprint density at radius 2 is 1.87 bits per heavy atom. The van der Waals surface area contributed by atoms with E-state index in [0.29, 0.717) is 6.42 Å². The molecule has 1 aromatic heterocycles. The van der Waals surface area contributed by atoms with Gasteiger partial charge < -0.3 is 10.1 Å². The van der Waals surface area contributed by atoms with Gasteiger partial charge in [0.15, 0.2) is 0 Å². The first kappa shape index (κ1) is 14.0. The number of carboxylic acid groups (broad SMARTS) is 1. The fraction of sp³-hybridized carbons (Fsp3) is 0.211. The summed E-state index contributed by atoms with van der Waals surface area (Å²) in [5.41, 5.74) is 5.52. The van der Waals surface area contributed by atoms with Crippen LogP contribution in [-0.2, 0) is 11.2 Å². The van der Waals surface area contributed by atoms with Crippen molar-refractivity contribution in [3.8, 4) is 0 Å². The average Bonchev–Trinajstić information content (AvgIpc) is 2.93. The molecule has 1 aliphatic rings. The van der Waals surface area contributed by atoms with Crippen LogP contribution in [0, 0.1) is 6.92 Å². The number of nitrogens with one attached hydrogen (secondary N) is 2. The minimum atomic E-state index is -0.806. The number of aromatic nitrogens is 1. The van der Waals surface area contributed by atoms with Gasteiger partial charge in [-0.05, 0) is 29.7 Å². The van der Waals surface area contributed by atoms with Crippen LogP contribution in [0.1, 0.15) is 28.4 Å². The van der Waals surface area contributed by atoms with E-state index in [1.165, 1.54) is 0 Å². The molecule has 2 atom stereocenters. The van der Waals surface area contributed by atoms with Crippen LogP contribution in [0.2, 0.25) is 0 Å². The second kappa shape index (κ2) is 5.25. The lowest BCUT2D eigenvalue weighted by Crippen LogP contribution is -2.45. The van der Waals surface area contributed by atoms with Crippen LogP contribution in [0.15, 0.2) is 48.5 Å². The molecule has 0 spiro atoms. The monoisotopic (exact) mass is 306 g/mol.